The first kappa shape index (κ1) is 8.06. The molecule has 0 amide bonds. The van der Waals surface area contributed by atoms with E-state index in [0.717, 1.165) is 17.1 Å². The van der Waals surface area contributed by atoms with Crippen LogP contribution in [0.2, 0.25) is 5.15 Å². The van der Waals surface area contributed by atoms with Gasteiger partial charge in [0.05, 0.1) is 0 Å². The Morgan fingerprint density at radius 3 is 3.00 bits per heavy atom. The van der Waals surface area contributed by atoms with Crippen LogP contribution in [0.25, 0.3) is 0 Å². The van der Waals surface area contributed by atoms with E-state index in [2.05, 4.69) is 9.88 Å². The molecule has 0 N–H and O–H groups in total. The van der Waals surface area contributed by atoms with Gasteiger partial charge >= 0.3 is 0 Å². The molecule has 13 heavy (non-hydrogen) atoms. The molecule has 1 aliphatic heterocycles. The number of hydrogen-bond acceptors (Lipinski definition) is 3. The van der Waals surface area contributed by atoms with E-state index in [1.165, 1.54) is 25.8 Å². The highest BCUT2D eigenvalue weighted by molar-refractivity contribution is 7.14. The highest BCUT2D eigenvalue weighted by Crippen LogP contribution is 2.41. The SMILES string of the molecule is Clc1csc(N2CC3CCC2C3)n1. The highest BCUT2D eigenvalue weighted by atomic mass is 35.5. The summed E-state index contributed by atoms with van der Waals surface area (Å²) in [5.74, 6) is 0.924. The molecule has 1 aromatic rings. The predicted octanol–water partition coefficient (Wildman–Crippen LogP) is 2.79. The predicted molar refractivity (Wildman–Crippen MR) is 55.6 cm³/mol. The highest BCUT2D eigenvalue weighted by Gasteiger charge is 2.38. The third-order valence-electron chi connectivity index (χ3n) is 3.12. The van der Waals surface area contributed by atoms with Gasteiger partial charge < -0.3 is 4.90 Å². The van der Waals surface area contributed by atoms with Gasteiger partial charge in [-0.25, -0.2) is 4.98 Å². The van der Waals surface area contributed by atoms with E-state index in [9.17, 15) is 0 Å². The smallest absolute Gasteiger partial charge is 0.187 e. The second kappa shape index (κ2) is 2.85. The molecule has 0 spiro atoms. The van der Waals surface area contributed by atoms with Crippen molar-refractivity contribution in [2.24, 2.45) is 5.92 Å². The Morgan fingerprint density at radius 1 is 1.54 bits per heavy atom. The Bertz CT molecular complexity index is 325. The fraction of sp³-hybridized carbons (Fsp3) is 0.667. The summed E-state index contributed by atoms with van der Waals surface area (Å²) in [6.07, 6.45) is 4.14. The minimum atomic E-state index is 0.641. The van der Waals surface area contributed by atoms with Gasteiger partial charge in [-0.1, -0.05) is 11.6 Å². The lowest BCUT2D eigenvalue weighted by Gasteiger charge is -2.26. The van der Waals surface area contributed by atoms with Gasteiger partial charge in [-0.15, -0.1) is 11.3 Å². The van der Waals surface area contributed by atoms with Crippen LogP contribution in [0.4, 0.5) is 5.13 Å². The molecule has 0 aromatic carbocycles. The monoisotopic (exact) mass is 214 g/mol. The van der Waals surface area contributed by atoms with Crippen molar-refractivity contribution in [3.05, 3.63) is 10.5 Å². The first-order valence-electron chi connectivity index (χ1n) is 4.70. The molecule has 2 fully saturated rings. The van der Waals surface area contributed by atoms with E-state index < -0.39 is 0 Å². The summed E-state index contributed by atoms with van der Waals surface area (Å²) in [7, 11) is 0. The largest absolute Gasteiger partial charge is 0.345 e. The first-order chi connectivity index (χ1) is 6.33. The van der Waals surface area contributed by atoms with Crippen molar-refractivity contribution in [2.45, 2.75) is 25.3 Å². The van der Waals surface area contributed by atoms with Crippen LogP contribution in [-0.2, 0) is 0 Å². The molecule has 2 heterocycles. The summed E-state index contributed by atoms with van der Waals surface area (Å²) in [4.78, 5) is 6.76. The molecule has 1 saturated carbocycles. The topological polar surface area (TPSA) is 16.1 Å². The minimum Gasteiger partial charge on any atom is -0.345 e. The van der Waals surface area contributed by atoms with Crippen molar-refractivity contribution in [2.75, 3.05) is 11.4 Å². The van der Waals surface area contributed by atoms with Crippen LogP contribution < -0.4 is 4.90 Å². The van der Waals surface area contributed by atoms with Crippen LogP contribution in [0.15, 0.2) is 5.38 Å². The maximum atomic E-state index is 5.81. The number of nitrogens with zero attached hydrogens (tertiary/aromatic N) is 2. The number of halogens is 1. The lowest BCUT2D eigenvalue weighted by atomic mass is 10.1. The van der Waals surface area contributed by atoms with E-state index >= 15 is 0 Å². The van der Waals surface area contributed by atoms with Gasteiger partial charge in [0.15, 0.2) is 5.13 Å². The summed E-state index contributed by atoms with van der Waals surface area (Å²) in [6.45, 7) is 1.20. The number of piperidine rings is 1. The zero-order valence-corrected chi connectivity index (χ0v) is 8.81. The van der Waals surface area contributed by atoms with Gasteiger partial charge in [-0.05, 0) is 25.2 Å². The summed E-state index contributed by atoms with van der Waals surface area (Å²) >= 11 is 7.48. The fourth-order valence-electron chi connectivity index (χ4n) is 2.54. The average molecular weight is 215 g/mol. The van der Waals surface area contributed by atoms with Crippen molar-refractivity contribution in [1.82, 2.24) is 4.98 Å². The van der Waals surface area contributed by atoms with E-state index in [1.54, 1.807) is 11.3 Å². The average Bonchev–Trinajstić information content (AvgIpc) is 2.77. The van der Waals surface area contributed by atoms with Crippen LogP contribution in [0, 0.1) is 5.92 Å². The van der Waals surface area contributed by atoms with Crippen molar-refractivity contribution in [1.29, 1.82) is 0 Å². The molecule has 2 nitrogen and oxygen atoms in total. The Morgan fingerprint density at radius 2 is 2.46 bits per heavy atom. The number of fused-ring (bicyclic) bond motifs is 2. The number of hydrogen-bond donors (Lipinski definition) is 0. The van der Waals surface area contributed by atoms with Crippen molar-refractivity contribution < 1.29 is 0 Å². The molecule has 4 heteroatoms. The van der Waals surface area contributed by atoms with Gasteiger partial charge in [-0.3, -0.25) is 0 Å². The maximum Gasteiger partial charge on any atom is 0.187 e. The molecule has 1 aromatic heterocycles. The molecule has 1 aliphatic carbocycles. The normalized spacial score (nSPS) is 31.6. The Balaban J connectivity index is 1.87. The molecule has 70 valence electrons. The van der Waals surface area contributed by atoms with E-state index in [-0.39, 0.29) is 0 Å². The molecular formula is C9H11ClN2S. The summed E-state index contributed by atoms with van der Waals surface area (Å²) in [5.41, 5.74) is 0. The third kappa shape index (κ3) is 1.25. The van der Waals surface area contributed by atoms with E-state index in [4.69, 9.17) is 11.6 Å². The Labute approximate surface area is 86.5 Å². The summed E-state index contributed by atoms with van der Waals surface area (Å²) < 4.78 is 0. The van der Waals surface area contributed by atoms with Crippen LogP contribution in [0.5, 0.6) is 0 Å². The van der Waals surface area contributed by atoms with Crippen molar-refractivity contribution >= 4 is 28.1 Å². The van der Waals surface area contributed by atoms with Gasteiger partial charge in [0.25, 0.3) is 0 Å². The lowest BCUT2D eigenvalue weighted by molar-refractivity contribution is 0.553. The first-order valence-corrected chi connectivity index (χ1v) is 5.96. The standard InChI is InChI=1S/C9H11ClN2S/c10-8-5-13-9(11-8)12-4-6-1-2-7(12)3-6/h5-7H,1-4H2. The molecule has 2 atom stereocenters. The maximum absolute atomic E-state index is 5.81. The van der Waals surface area contributed by atoms with E-state index in [1.807, 2.05) is 5.38 Å². The molecule has 0 radical (unpaired) electrons. The quantitative estimate of drug-likeness (QED) is 0.715. The lowest BCUT2D eigenvalue weighted by Crippen LogP contribution is -2.31. The van der Waals surface area contributed by atoms with Crippen LogP contribution in [-0.4, -0.2) is 17.6 Å². The molecule has 1 saturated heterocycles. The van der Waals surface area contributed by atoms with Gasteiger partial charge in [0, 0.05) is 18.0 Å². The zero-order chi connectivity index (χ0) is 8.84. The summed E-state index contributed by atoms with van der Waals surface area (Å²) in [6, 6.07) is 0.757. The number of aromatic nitrogens is 1. The van der Waals surface area contributed by atoms with E-state index in [0.29, 0.717) is 5.15 Å². The van der Waals surface area contributed by atoms with Crippen LogP contribution in [0.1, 0.15) is 19.3 Å². The third-order valence-corrected chi connectivity index (χ3v) is 4.32. The van der Waals surface area contributed by atoms with Gasteiger partial charge in [0.2, 0.25) is 0 Å². The molecule has 2 unspecified atom stereocenters. The second-order valence-corrected chi connectivity index (χ2v) is 5.16. The van der Waals surface area contributed by atoms with Crippen LogP contribution >= 0.6 is 22.9 Å². The van der Waals surface area contributed by atoms with Crippen molar-refractivity contribution in [3.8, 4) is 0 Å². The molecule has 2 bridgehead atoms. The molecule has 3 rings (SSSR count). The van der Waals surface area contributed by atoms with Crippen LogP contribution in [0.3, 0.4) is 0 Å². The minimum absolute atomic E-state index is 0.641. The number of anilines is 1. The number of thiazole rings is 1. The van der Waals surface area contributed by atoms with Gasteiger partial charge in [-0.2, -0.15) is 0 Å². The van der Waals surface area contributed by atoms with Gasteiger partial charge in [0.1, 0.15) is 5.15 Å². The Kier molecular flexibility index (Phi) is 1.77. The number of rotatable bonds is 1. The zero-order valence-electron chi connectivity index (χ0n) is 7.24. The summed E-state index contributed by atoms with van der Waals surface area (Å²) in [5, 5.41) is 3.68. The second-order valence-electron chi connectivity index (χ2n) is 3.94. The fourth-order valence-corrected chi connectivity index (χ4v) is 3.57. The Hall–Kier alpha value is -0.280. The molecule has 2 aliphatic rings. The van der Waals surface area contributed by atoms with Crippen molar-refractivity contribution in [3.63, 3.8) is 0 Å². The molecular weight excluding hydrogens is 204 g/mol.